The lowest BCUT2D eigenvalue weighted by molar-refractivity contribution is 0.295. The van der Waals surface area contributed by atoms with Crippen LogP contribution in [0.15, 0.2) is 30.3 Å². The van der Waals surface area contributed by atoms with Gasteiger partial charge in [0.05, 0.1) is 0 Å². The van der Waals surface area contributed by atoms with Gasteiger partial charge in [0.15, 0.2) is 0 Å². The molecule has 0 radical (unpaired) electrons. The van der Waals surface area contributed by atoms with E-state index in [2.05, 4.69) is 44.2 Å². The summed E-state index contributed by atoms with van der Waals surface area (Å²) in [5, 5.41) is 7.88. The fraction of sp³-hybridized carbons (Fsp3) is 0.538. The predicted octanol–water partition coefficient (Wildman–Crippen LogP) is 3.27. The summed E-state index contributed by atoms with van der Waals surface area (Å²) in [4.78, 5) is 0. The fourth-order valence-electron chi connectivity index (χ4n) is 1.09. The quantitative estimate of drug-likeness (QED) is 0.783. The monoisotopic (exact) mass is 194 g/mol. The maximum atomic E-state index is 7.88. The lowest BCUT2D eigenvalue weighted by Gasteiger charge is -2.02. The van der Waals surface area contributed by atoms with Crippen molar-refractivity contribution in [2.24, 2.45) is 5.92 Å². The van der Waals surface area contributed by atoms with Crippen LogP contribution < -0.4 is 0 Å². The van der Waals surface area contributed by atoms with Gasteiger partial charge in [-0.05, 0) is 24.3 Å². The molecule has 0 saturated carbocycles. The number of benzene rings is 1. The van der Waals surface area contributed by atoms with Crippen molar-refractivity contribution in [3.05, 3.63) is 35.9 Å². The highest BCUT2D eigenvalue weighted by molar-refractivity contribution is 5.14. The smallest absolute Gasteiger partial charge is 0.0428 e. The van der Waals surface area contributed by atoms with Crippen molar-refractivity contribution in [2.45, 2.75) is 33.6 Å². The zero-order chi connectivity index (χ0) is 10.8. The first-order valence-corrected chi connectivity index (χ1v) is 5.35. The zero-order valence-electron chi connectivity index (χ0n) is 9.53. The third-order valence-electron chi connectivity index (χ3n) is 1.71. The lowest BCUT2D eigenvalue weighted by Crippen LogP contribution is -1.92. The molecule has 1 nitrogen and oxygen atoms in total. The molecule has 0 amide bonds. The van der Waals surface area contributed by atoms with Crippen molar-refractivity contribution in [3.8, 4) is 0 Å². The maximum absolute atomic E-state index is 7.88. The predicted molar refractivity (Wildman–Crippen MR) is 62.4 cm³/mol. The van der Waals surface area contributed by atoms with Gasteiger partial charge < -0.3 is 5.11 Å². The van der Waals surface area contributed by atoms with E-state index in [1.54, 1.807) is 0 Å². The van der Waals surface area contributed by atoms with Gasteiger partial charge in [0.25, 0.3) is 0 Å². The number of aliphatic hydroxyl groups excluding tert-OH is 1. The Morgan fingerprint density at radius 3 is 2.00 bits per heavy atom. The van der Waals surface area contributed by atoms with Gasteiger partial charge in [-0.25, -0.2) is 0 Å². The van der Waals surface area contributed by atoms with Crippen molar-refractivity contribution in [2.75, 3.05) is 6.61 Å². The summed E-state index contributed by atoms with van der Waals surface area (Å²) in [5.74, 6) is 0.766. The van der Waals surface area contributed by atoms with Crippen LogP contribution in [0.4, 0.5) is 0 Å². The van der Waals surface area contributed by atoms with Gasteiger partial charge in [-0.15, -0.1) is 0 Å². The van der Waals surface area contributed by atoms with Crippen LogP contribution in [0.1, 0.15) is 32.8 Å². The second kappa shape index (κ2) is 8.76. The molecule has 0 aliphatic carbocycles. The molecule has 1 N–H and O–H groups in total. The summed E-state index contributed by atoms with van der Waals surface area (Å²) in [5.41, 5.74) is 1.44. The molecule has 0 unspecified atom stereocenters. The normalized spacial score (nSPS) is 9.50. The number of hydrogen-bond acceptors (Lipinski definition) is 1. The summed E-state index contributed by atoms with van der Waals surface area (Å²) >= 11 is 0. The zero-order valence-corrected chi connectivity index (χ0v) is 9.53. The second-order valence-electron chi connectivity index (χ2n) is 3.81. The molecule has 80 valence electrons. The molecule has 0 aliphatic rings. The molecule has 0 bridgehead atoms. The molecular formula is C13H22O. The molecule has 0 spiro atoms. The Bertz CT molecular complexity index is 202. The SMILES string of the molecule is CC(C)Cc1ccccc1.CCCO. The van der Waals surface area contributed by atoms with E-state index in [4.69, 9.17) is 5.11 Å². The molecule has 1 rings (SSSR count). The van der Waals surface area contributed by atoms with Crippen LogP contribution in [0.5, 0.6) is 0 Å². The molecule has 0 fully saturated rings. The van der Waals surface area contributed by atoms with Gasteiger partial charge in [-0.3, -0.25) is 0 Å². The minimum absolute atomic E-state index is 0.319. The van der Waals surface area contributed by atoms with E-state index in [1.807, 2.05) is 6.92 Å². The summed E-state index contributed by atoms with van der Waals surface area (Å²) in [6.07, 6.45) is 2.07. The lowest BCUT2D eigenvalue weighted by atomic mass is 10.0. The number of rotatable bonds is 3. The highest BCUT2D eigenvalue weighted by atomic mass is 16.2. The average molecular weight is 194 g/mol. The van der Waals surface area contributed by atoms with Crippen molar-refractivity contribution in [3.63, 3.8) is 0 Å². The molecular weight excluding hydrogens is 172 g/mol. The highest BCUT2D eigenvalue weighted by Gasteiger charge is 1.94. The van der Waals surface area contributed by atoms with Gasteiger partial charge in [0, 0.05) is 6.61 Å². The van der Waals surface area contributed by atoms with Crippen LogP contribution >= 0.6 is 0 Å². The second-order valence-corrected chi connectivity index (χ2v) is 3.81. The van der Waals surface area contributed by atoms with Crippen LogP contribution in [0.3, 0.4) is 0 Å². The first-order valence-electron chi connectivity index (χ1n) is 5.35. The molecule has 0 aliphatic heterocycles. The van der Waals surface area contributed by atoms with Crippen LogP contribution in [0.25, 0.3) is 0 Å². The van der Waals surface area contributed by atoms with E-state index < -0.39 is 0 Å². The van der Waals surface area contributed by atoms with Crippen molar-refractivity contribution in [1.82, 2.24) is 0 Å². The maximum Gasteiger partial charge on any atom is 0.0428 e. The van der Waals surface area contributed by atoms with Crippen LogP contribution in [-0.2, 0) is 6.42 Å². The molecule has 1 aromatic carbocycles. The Kier molecular flexibility index (Phi) is 8.25. The minimum Gasteiger partial charge on any atom is -0.396 e. The molecule has 0 atom stereocenters. The third-order valence-corrected chi connectivity index (χ3v) is 1.71. The van der Waals surface area contributed by atoms with Crippen molar-refractivity contribution in [1.29, 1.82) is 0 Å². The summed E-state index contributed by atoms with van der Waals surface area (Å²) < 4.78 is 0. The summed E-state index contributed by atoms with van der Waals surface area (Å²) in [6.45, 7) is 6.74. The highest BCUT2D eigenvalue weighted by Crippen LogP contribution is 2.05. The van der Waals surface area contributed by atoms with E-state index in [0.29, 0.717) is 6.61 Å². The van der Waals surface area contributed by atoms with Gasteiger partial charge >= 0.3 is 0 Å². The molecule has 0 heterocycles. The Morgan fingerprint density at radius 2 is 1.64 bits per heavy atom. The Morgan fingerprint density at radius 1 is 1.14 bits per heavy atom. The minimum atomic E-state index is 0.319. The van der Waals surface area contributed by atoms with Gasteiger partial charge in [-0.1, -0.05) is 51.1 Å². The van der Waals surface area contributed by atoms with E-state index in [-0.39, 0.29) is 0 Å². The fourth-order valence-corrected chi connectivity index (χ4v) is 1.09. The van der Waals surface area contributed by atoms with Crippen LogP contribution in [0, 0.1) is 5.92 Å². The van der Waals surface area contributed by atoms with E-state index in [1.165, 1.54) is 12.0 Å². The molecule has 1 aromatic rings. The summed E-state index contributed by atoms with van der Waals surface area (Å²) in [7, 11) is 0. The third kappa shape index (κ3) is 7.81. The first kappa shape index (κ1) is 13.2. The van der Waals surface area contributed by atoms with Crippen molar-refractivity contribution < 1.29 is 5.11 Å². The largest absolute Gasteiger partial charge is 0.396 e. The molecule has 14 heavy (non-hydrogen) atoms. The molecule has 0 aromatic heterocycles. The van der Waals surface area contributed by atoms with Gasteiger partial charge in [-0.2, -0.15) is 0 Å². The van der Waals surface area contributed by atoms with Crippen LogP contribution in [0.2, 0.25) is 0 Å². The Balaban J connectivity index is 0.000000364. The first-order chi connectivity index (χ1) is 6.70. The molecule has 0 saturated heterocycles. The van der Waals surface area contributed by atoms with Gasteiger partial charge in [0.1, 0.15) is 0 Å². The van der Waals surface area contributed by atoms with Crippen molar-refractivity contribution >= 4 is 0 Å². The number of aliphatic hydroxyl groups is 1. The van der Waals surface area contributed by atoms with E-state index in [0.717, 1.165) is 12.3 Å². The molecule has 1 heteroatoms. The Hall–Kier alpha value is -0.820. The number of hydrogen-bond donors (Lipinski definition) is 1. The Labute approximate surface area is 87.8 Å². The topological polar surface area (TPSA) is 20.2 Å². The average Bonchev–Trinajstić information content (AvgIpc) is 2.19. The van der Waals surface area contributed by atoms with E-state index in [9.17, 15) is 0 Å². The summed E-state index contributed by atoms with van der Waals surface area (Å²) in [6, 6.07) is 10.6. The standard InChI is InChI=1S/C10H14.C3H8O/c1-9(2)8-10-6-4-3-5-7-10;1-2-3-4/h3-7,9H,8H2,1-2H3;4H,2-3H2,1H3. The van der Waals surface area contributed by atoms with Gasteiger partial charge in [0.2, 0.25) is 0 Å². The van der Waals surface area contributed by atoms with Crippen LogP contribution in [-0.4, -0.2) is 11.7 Å². The van der Waals surface area contributed by atoms with E-state index >= 15 is 0 Å².